The third-order valence-electron chi connectivity index (χ3n) is 4.31. The summed E-state index contributed by atoms with van der Waals surface area (Å²) in [6, 6.07) is 17.8. The fourth-order valence-electron chi connectivity index (χ4n) is 3.38. The first-order valence-corrected chi connectivity index (χ1v) is 10.7. The second-order valence-corrected chi connectivity index (χ2v) is 11.8. The molecule has 3 aromatic carbocycles. The van der Waals surface area contributed by atoms with Crippen LogP contribution in [0, 0.1) is 0 Å². The van der Waals surface area contributed by atoms with E-state index in [-0.39, 0.29) is 0 Å². The predicted octanol–water partition coefficient (Wildman–Crippen LogP) is 5.72. The van der Waals surface area contributed by atoms with Gasteiger partial charge >= 0.3 is 0 Å². The average Bonchev–Trinajstić information content (AvgIpc) is 2.81. The normalized spacial score (nSPS) is 14.1. The van der Waals surface area contributed by atoms with Crippen molar-refractivity contribution in [2.75, 3.05) is 0 Å². The third kappa shape index (κ3) is 1.53. The summed E-state index contributed by atoms with van der Waals surface area (Å²) >= 11 is 0. The van der Waals surface area contributed by atoms with Gasteiger partial charge in [0, 0.05) is 0 Å². The molecule has 0 bridgehead atoms. The van der Waals surface area contributed by atoms with E-state index >= 15 is 0 Å². The average molecular weight is 274 g/mol. The van der Waals surface area contributed by atoms with Gasteiger partial charge in [-0.3, -0.25) is 0 Å². The van der Waals surface area contributed by atoms with Crippen LogP contribution in [-0.4, -0.2) is 8.07 Å². The Labute approximate surface area is 120 Å². The summed E-state index contributed by atoms with van der Waals surface area (Å²) in [5, 5.41) is 7.17. The molecule has 0 radical (unpaired) electrons. The third-order valence-corrected chi connectivity index (χ3v) is 6.34. The van der Waals surface area contributed by atoms with Crippen LogP contribution in [0.15, 0.2) is 48.5 Å². The SMILES string of the molecule is C[Si](C)(C)C1=Cc2c3ccccc3cc3cccc1c23. The van der Waals surface area contributed by atoms with Crippen LogP contribution in [0.4, 0.5) is 0 Å². The second kappa shape index (κ2) is 3.83. The topological polar surface area (TPSA) is 0 Å². The molecule has 1 aliphatic carbocycles. The molecular weight excluding hydrogens is 256 g/mol. The highest BCUT2D eigenvalue weighted by Gasteiger charge is 2.27. The van der Waals surface area contributed by atoms with Gasteiger partial charge in [-0.25, -0.2) is 0 Å². The van der Waals surface area contributed by atoms with Crippen molar-refractivity contribution < 1.29 is 0 Å². The van der Waals surface area contributed by atoms with Crippen LogP contribution in [0.2, 0.25) is 19.6 Å². The molecule has 4 rings (SSSR count). The number of hydrogen-bond donors (Lipinski definition) is 0. The monoisotopic (exact) mass is 274 g/mol. The largest absolute Gasteiger partial charge is 0.0784 e. The van der Waals surface area contributed by atoms with E-state index in [1.807, 2.05) is 0 Å². The molecule has 0 atom stereocenters. The maximum Gasteiger partial charge on any atom is 0.0784 e. The molecule has 0 aromatic heterocycles. The Morgan fingerprint density at radius 2 is 1.55 bits per heavy atom. The smallest absolute Gasteiger partial charge is 0.0656 e. The van der Waals surface area contributed by atoms with Crippen LogP contribution in [0.3, 0.4) is 0 Å². The summed E-state index contributed by atoms with van der Waals surface area (Å²) in [4.78, 5) is 0. The Hall–Kier alpha value is -1.86. The van der Waals surface area contributed by atoms with Gasteiger partial charge in [-0.15, -0.1) is 0 Å². The van der Waals surface area contributed by atoms with Gasteiger partial charge in [0.1, 0.15) is 0 Å². The minimum absolute atomic E-state index is 1.32. The molecule has 0 saturated heterocycles. The molecule has 3 aromatic rings. The van der Waals surface area contributed by atoms with Crippen molar-refractivity contribution in [1.29, 1.82) is 0 Å². The van der Waals surface area contributed by atoms with Crippen LogP contribution >= 0.6 is 0 Å². The molecule has 1 aliphatic rings. The van der Waals surface area contributed by atoms with Crippen LogP contribution < -0.4 is 0 Å². The summed E-state index contributed by atoms with van der Waals surface area (Å²) in [7, 11) is -1.32. The Balaban J connectivity index is 2.22. The second-order valence-electron chi connectivity index (χ2n) is 6.72. The molecule has 1 heteroatoms. The van der Waals surface area contributed by atoms with Gasteiger partial charge in [0.2, 0.25) is 0 Å². The van der Waals surface area contributed by atoms with Crippen molar-refractivity contribution in [3.05, 3.63) is 59.7 Å². The zero-order chi connectivity index (χ0) is 13.9. The van der Waals surface area contributed by atoms with Crippen LogP contribution in [0.25, 0.3) is 32.8 Å². The molecule has 0 N–H and O–H groups in total. The molecule has 20 heavy (non-hydrogen) atoms. The first-order valence-electron chi connectivity index (χ1n) is 7.23. The van der Waals surface area contributed by atoms with Gasteiger partial charge in [-0.1, -0.05) is 73.4 Å². The Morgan fingerprint density at radius 1 is 0.800 bits per heavy atom. The van der Waals surface area contributed by atoms with E-state index < -0.39 is 8.07 Å². The first kappa shape index (κ1) is 11.9. The maximum absolute atomic E-state index is 2.46. The lowest BCUT2D eigenvalue weighted by Crippen LogP contribution is -2.21. The summed E-state index contributed by atoms with van der Waals surface area (Å²) in [5.41, 5.74) is 2.91. The van der Waals surface area contributed by atoms with E-state index in [1.54, 1.807) is 5.20 Å². The molecule has 0 amide bonds. The molecule has 0 saturated carbocycles. The zero-order valence-corrected chi connectivity index (χ0v) is 13.2. The van der Waals surface area contributed by atoms with E-state index in [0.29, 0.717) is 0 Å². The van der Waals surface area contributed by atoms with Crippen LogP contribution in [-0.2, 0) is 0 Å². The molecule has 0 fully saturated rings. The molecule has 0 spiro atoms. The maximum atomic E-state index is 2.46. The molecule has 0 heterocycles. The Morgan fingerprint density at radius 3 is 2.35 bits per heavy atom. The van der Waals surface area contributed by atoms with Crippen molar-refractivity contribution in [3.8, 4) is 0 Å². The standard InChI is InChI=1S/C19H18Si/c1-20(2,3)18-12-17-15-9-5-4-7-13(15)11-14-8-6-10-16(18)19(14)17/h4-12H,1-3H3. The van der Waals surface area contributed by atoms with Gasteiger partial charge in [-0.05, 0) is 38.7 Å². The van der Waals surface area contributed by atoms with Gasteiger partial charge in [0.25, 0.3) is 0 Å². The van der Waals surface area contributed by atoms with Crippen molar-refractivity contribution in [2.45, 2.75) is 19.6 Å². The zero-order valence-electron chi connectivity index (χ0n) is 12.2. The molecular formula is C19H18Si. The quantitative estimate of drug-likeness (QED) is 0.393. The first-order chi connectivity index (χ1) is 9.55. The lowest BCUT2D eigenvalue weighted by atomic mass is 9.98. The molecule has 0 nitrogen and oxygen atoms in total. The van der Waals surface area contributed by atoms with Crippen molar-refractivity contribution in [3.63, 3.8) is 0 Å². The lowest BCUT2D eigenvalue weighted by molar-refractivity contribution is 1.71. The van der Waals surface area contributed by atoms with E-state index in [0.717, 1.165) is 0 Å². The highest BCUT2D eigenvalue weighted by Crippen LogP contribution is 2.43. The predicted molar refractivity (Wildman–Crippen MR) is 92.7 cm³/mol. The summed E-state index contributed by atoms with van der Waals surface area (Å²) in [5.74, 6) is 0. The van der Waals surface area contributed by atoms with E-state index in [9.17, 15) is 0 Å². The molecule has 0 aliphatic heterocycles. The van der Waals surface area contributed by atoms with Crippen LogP contribution in [0.5, 0.6) is 0 Å². The number of fused-ring (bicyclic) bond motifs is 2. The summed E-state index contributed by atoms with van der Waals surface area (Å²) in [6.45, 7) is 7.31. The fraction of sp³-hybridized carbons (Fsp3) is 0.158. The van der Waals surface area contributed by atoms with Gasteiger partial charge in [-0.2, -0.15) is 0 Å². The highest BCUT2D eigenvalue weighted by molar-refractivity contribution is 6.95. The van der Waals surface area contributed by atoms with Crippen LogP contribution in [0.1, 0.15) is 11.1 Å². The van der Waals surface area contributed by atoms with Crippen molar-refractivity contribution in [2.24, 2.45) is 0 Å². The summed E-state index contributed by atoms with van der Waals surface area (Å²) in [6.07, 6.45) is 2.46. The highest BCUT2D eigenvalue weighted by atomic mass is 28.3. The van der Waals surface area contributed by atoms with Crippen molar-refractivity contribution in [1.82, 2.24) is 0 Å². The van der Waals surface area contributed by atoms with E-state index in [1.165, 1.54) is 32.7 Å². The summed E-state index contributed by atoms with van der Waals surface area (Å²) < 4.78 is 0. The number of benzene rings is 3. The number of rotatable bonds is 1. The molecule has 0 unspecified atom stereocenters. The minimum Gasteiger partial charge on any atom is -0.0656 e. The van der Waals surface area contributed by atoms with E-state index in [4.69, 9.17) is 0 Å². The van der Waals surface area contributed by atoms with Crippen molar-refractivity contribution >= 4 is 40.9 Å². The Bertz CT molecular complexity index is 879. The lowest BCUT2D eigenvalue weighted by Gasteiger charge is -2.19. The number of hydrogen-bond acceptors (Lipinski definition) is 0. The minimum atomic E-state index is -1.32. The van der Waals surface area contributed by atoms with Gasteiger partial charge in [0.05, 0.1) is 8.07 Å². The van der Waals surface area contributed by atoms with Gasteiger partial charge < -0.3 is 0 Å². The van der Waals surface area contributed by atoms with Gasteiger partial charge in [0.15, 0.2) is 0 Å². The Kier molecular flexibility index (Phi) is 2.28. The fourth-order valence-corrected chi connectivity index (χ4v) is 4.97. The molecule has 98 valence electrons. The van der Waals surface area contributed by atoms with E-state index in [2.05, 4.69) is 74.2 Å².